The van der Waals surface area contributed by atoms with Crippen molar-refractivity contribution >= 4 is 11.8 Å². The van der Waals surface area contributed by atoms with Crippen LogP contribution in [0.2, 0.25) is 0 Å². The largest absolute Gasteiger partial charge is 0.394 e. The van der Waals surface area contributed by atoms with Crippen molar-refractivity contribution in [2.45, 2.75) is 32.4 Å². The van der Waals surface area contributed by atoms with Crippen molar-refractivity contribution in [3.63, 3.8) is 0 Å². The Balaban J connectivity index is 4.48. The van der Waals surface area contributed by atoms with Gasteiger partial charge >= 0.3 is 0 Å². The summed E-state index contributed by atoms with van der Waals surface area (Å²) < 4.78 is 0. The van der Waals surface area contributed by atoms with Crippen molar-refractivity contribution < 1.29 is 19.8 Å². The number of allylic oxidation sites excluding steroid dienone is 1. The first-order valence-electron chi connectivity index (χ1n) is 5.90. The van der Waals surface area contributed by atoms with E-state index >= 15 is 0 Å². The minimum Gasteiger partial charge on any atom is -0.394 e. The van der Waals surface area contributed by atoms with Gasteiger partial charge in [-0.2, -0.15) is 0 Å². The molecule has 1 unspecified atom stereocenters. The van der Waals surface area contributed by atoms with Crippen LogP contribution >= 0.6 is 0 Å². The molecular weight excluding hydrogens is 236 g/mol. The minimum atomic E-state index is -0.893. The van der Waals surface area contributed by atoms with E-state index in [1.165, 1.54) is 13.0 Å². The van der Waals surface area contributed by atoms with Crippen LogP contribution in [0, 0.1) is 5.92 Å². The number of amides is 2. The number of hydrogen-bond donors (Lipinski definition) is 4. The Labute approximate surface area is 107 Å². The third-order valence-electron chi connectivity index (χ3n) is 2.27. The first kappa shape index (κ1) is 16.6. The summed E-state index contributed by atoms with van der Waals surface area (Å²) in [6.07, 6.45) is 1.02. The van der Waals surface area contributed by atoms with Crippen molar-refractivity contribution in [3.8, 4) is 0 Å². The van der Waals surface area contributed by atoms with Gasteiger partial charge in [-0.25, -0.2) is 0 Å². The van der Waals surface area contributed by atoms with E-state index in [1.807, 2.05) is 0 Å². The molecule has 0 rings (SSSR count). The van der Waals surface area contributed by atoms with Gasteiger partial charge in [0, 0.05) is 12.6 Å². The Bertz CT molecular complexity index is 292. The monoisotopic (exact) mass is 258 g/mol. The summed E-state index contributed by atoms with van der Waals surface area (Å²) in [7, 11) is 0. The maximum absolute atomic E-state index is 11.8. The molecule has 0 aromatic carbocycles. The van der Waals surface area contributed by atoms with Crippen molar-refractivity contribution in [2.24, 2.45) is 5.92 Å². The van der Waals surface area contributed by atoms with Crippen LogP contribution in [-0.4, -0.2) is 47.3 Å². The van der Waals surface area contributed by atoms with E-state index < -0.39 is 29.9 Å². The fraction of sp³-hybridized carbons (Fsp3) is 0.667. The molecule has 0 aliphatic heterocycles. The fourth-order valence-corrected chi connectivity index (χ4v) is 1.26. The lowest BCUT2D eigenvalue weighted by Crippen LogP contribution is -2.46. The fourth-order valence-electron chi connectivity index (χ4n) is 1.26. The lowest BCUT2D eigenvalue weighted by Gasteiger charge is -2.18. The number of carbonyl (C=O) groups excluding carboxylic acids is 2. The van der Waals surface area contributed by atoms with E-state index in [1.54, 1.807) is 6.92 Å². The highest BCUT2D eigenvalue weighted by Crippen LogP contribution is 2.05. The van der Waals surface area contributed by atoms with E-state index in [2.05, 4.69) is 17.2 Å². The molecule has 0 aromatic rings. The maximum atomic E-state index is 11.8. The van der Waals surface area contributed by atoms with Crippen LogP contribution < -0.4 is 10.6 Å². The van der Waals surface area contributed by atoms with Gasteiger partial charge in [0.05, 0.1) is 12.7 Å². The second-order valence-corrected chi connectivity index (χ2v) is 4.26. The maximum Gasteiger partial charge on any atom is 0.233 e. The topological polar surface area (TPSA) is 98.7 Å². The molecule has 18 heavy (non-hydrogen) atoms. The van der Waals surface area contributed by atoms with Crippen LogP contribution in [0.5, 0.6) is 0 Å². The summed E-state index contributed by atoms with van der Waals surface area (Å²) in [4.78, 5) is 23.6. The molecular formula is C12H22N2O4. The summed E-state index contributed by atoms with van der Waals surface area (Å²) in [6, 6.07) is -0.408. The van der Waals surface area contributed by atoms with E-state index in [0.717, 1.165) is 0 Å². The van der Waals surface area contributed by atoms with E-state index in [4.69, 9.17) is 10.2 Å². The SMILES string of the molecule is C=CCC(C(=O)NC[C@H](C)O)C(=O)N[C@H](C)CO. The second-order valence-electron chi connectivity index (χ2n) is 4.26. The summed E-state index contributed by atoms with van der Waals surface area (Å²) in [6.45, 7) is 6.57. The number of rotatable bonds is 8. The van der Waals surface area contributed by atoms with Crippen LogP contribution in [0.15, 0.2) is 12.7 Å². The van der Waals surface area contributed by atoms with Crippen molar-refractivity contribution in [1.82, 2.24) is 10.6 Å². The van der Waals surface area contributed by atoms with Crippen molar-refractivity contribution in [1.29, 1.82) is 0 Å². The molecule has 0 aromatic heterocycles. The average molecular weight is 258 g/mol. The number of carbonyl (C=O) groups is 2. The first-order valence-corrected chi connectivity index (χ1v) is 5.90. The Morgan fingerprint density at radius 1 is 1.33 bits per heavy atom. The molecule has 0 radical (unpaired) electrons. The molecule has 104 valence electrons. The number of hydrogen-bond acceptors (Lipinski definition) is 4. The summed E-state index contributed by atoms with van der Waals surface area (Å²) in [5.74, 6) is -1.81. The number of aliphatic hydroxyl groups excluding tert-OH is 2. The van der Waals surface area contributed by atoms with Gasteiger partial charge in [0.25, 0.3) is 0 Å². The van der Waals surface area contributed by atoms with Gasteiger partial charge in [0.15, 0.2) is 0 Å². The van der Waals surface area contributed by atoms with E-state index in [0.29, 0.717) is 0 Å². The molecule has 6 heteroatoms. The number of aliphatic hydroxyl groups is 2. The summed E-state index contributed by atoms with van der Waals surface area (Å²) in [5, 5.41) is 22.9. The third kappa shape index (κ3) is 6.36. The molecule has 4 N–H and O–H groups in total. The van der Waals surface area contributed by atoms with Gasteiger partial charge in [-0.15, -0.1) is 6.58 Å². The Morgan fingerprint density at radius 3 is 2.39 bits per heavy atom. The van der Waals surface area contributed by atoms with Crippen molar-refractivity contribution in [2.75, 3.05) is 13.2 Å². The molecule has 0 saturated heterocycles. The zero-order valence-electron chi connectivity index (χ0n) is 10.8. The summed E-state index contributed by atoms with van der Waals surface area (Å²) in [5.41, 5.74) is 0. The molecule has 0 saturated carbocycles. The third-order valence-corrected chi connectivity index (χ3v) is 2.27. The van der Waals surface area contributed by atoms with Crippen LogP contribution in [0.25, 0.3) is 0 Å². The standard InChI is InChI=1S/C12H22N2O4/c1-4-5-10(11(17)13-6-9(3)16)12(18)14-8(2)7-15/h4,8-10,15-16H,1,5-7H2,2-3H3,(H,13,17)(H,14,18)/t8-,9+,10?/m1/s1. The van der Waals surface area contributed by atoms with Gasteiger partial charge in [-0.05, 0) is 20.3 Å². The second kappa shape index (κ2) is 8.66. The zero-order chi connectivity index (χ0) is 14.1. The predicted molar refractivity (Wildman–Crippen MR) is 67.7 cm³/mol. The van der Waals surface area contributed by atoms with Gasteiger partial charge in [-0.1, -0.05) is 6.08 Å². The van der Waals surface area contributed by atoms with Gasteiger partial charge in [0.2, 0.25) is 11.8 Å². The normalized spacial score (nSPS) is 15.3. The lowest BCUT2D eigenvalue weighted by molar-refractivity contribution is -0.135. The highest BCUT2D eigenvalue weighted by Gasteiger charge is 2.26. The summed E-state index contributed by atoms with van der Waals surface area (Å²) >= 11 is 0. The molecule has 0 fully saturated rings. The molecule has 3 atom stereocenters. The molecule has 2 amide bonds. The highest BCUT2D eigenvalue weighted by molar-refractivity contribution is 6.00. The smallest absolute Gasteiger partial charge is 0.233 e. The average Bonchev–Trinajstić information content (AvgIpc) is 2.32. The molecule has 0 aliphatic carbocycles. The first-order chi connectivity index (χ1) is 8.42. The van der Waals surface area contributed by atoms with E-state index in [-0.39, 0.29) is 19.6 Å². The molecule has 0 bridgehead atoms. The number of nitrogens with one attached hydrogen (secondary N) is 2. The zero-order valence-corrected chi connectivity index (χ0v) is 10.8. The predicted octanol–water partition coefficient (Wildman–Crippen LogP) is -0.827. The van der Waals surface area contributed by atoms with Crippen LogP contribution in [-0.2, 0) is 9.59 Å². The Morgan fingerprint density at radius 2 is 1.94 bits per heavy atom. The van der Waals surface area contributed by atoms with Gasteiger partial charge < -0.3 is 20.8 Å². The van der Waals surface area contributed by atoms with E-state index in [9.17, 15) is 9.59 Å². The Kier molecular flexibility index (Phi) is 7.98. The lowest BCUT2D eigenvalue weighted by atomic mass is 10.0. The molecule has 0 aliphatic rings. The van der Waals surface area contributed by atoms with Crippen LogP contribution in [0.4, 0.5) is 0 Å². The van der Waals surface area contributed by atoms with Crippen LogP contribution in [0.1, 0.15) is 20.3 Å². The van der Waals surface area contributed by atoms with Crippen molar-refractivity contribution in [3.05, 3.63) is 12.7 Å². The molecule has 6 nitrogen and oxygen atoms in total. The molecule has 0 heterocycles. The Hall–Kier alpha value is -1.40. The molecule has 0 spiro atoms. The van der Waals surface area contributed by atoms with Gasteiger partial charge in [-0.3, -0.25) is 9.59 Å². The minimum absolute atomic E-state index is 0.0926. The van der Waals surface area contributed by atoms with Gasteiger partial charge in [0.1, 0.15) is 5.92 Å². The van der Waals surface area contributed by atoms with Crippen LogP contribution in [0.3, 0.4) is 0 Å². The quantitative estimate of drug-likeness (QED) is 0.337. The highest BCUT2D eigenvalue weighted by atomic mass is 16.3.